The van der Waals surface area contributed by atoms with E-state index < -0.39 is 5.97 Å². The van der Waals surface area contributed by atoms with Crippen LogP contribution in [0, 0.1) is 5.92 Å². The molecule has 2 fully saturated rings. The van der Waals surface area contributed by atoms with Gasteiger partial charge in [-0.25, -0.2) is 0 Å². The Balaban J connectivity index is 1.96. The third-order valence-electron chi connectivity index (χ3n) is 3.68. The summed E-state index contributed by atoms with van der Waals surface area (Å²) in [5, 5.41) is 8.89. The minimum absolute atomic E-state index is 0.272. The molecule has 0 aromatic carbocycles. The van der Waals surface area contributed by atoms with Gasteiger partial charge in [-0.3, -0.25) is 9.69 Å². The van der Waals surface area contributed by atoms with Gasteiger partial charge < -0.3 is 5.11 Å². The lowest BCUT2D eigenvalue weighted by Crippen LogP contribution is -2.54. The smallest absolute Gasteiger partial charge is 0.304 e. The van der Waals surface area contributed by atoms with Crippen molar-refractivity contribution in [3.63, 3.8) is 0 Å². The van der Waals surface area contributed by atoms with E-state index in [-0.39, 0.29) is 6.04 Å². The van der Waals surface area contributed by atoms with Gasteiger partial charge in [0, 0.05) is 30.1 Å². The summed E-state index contributed by atoms with van der Waals surface area (Å²) in [6, 6.07) is 0.934. The first-order valence-corrected chi connectivity index (χ1v) is 6.89. The molecule has 3 unspecified atom stereocenters. The first kappa shape index (κ1) is 11.3. The maximum absolute atomic E-state index is 10.8. The number of hydrogen-bond donors (Lipinski definition) is 1. The molecule has 1 aliphatic carbocycles. The van der Waals surface area contributed by atoms with Gasteiger partial charge in [0.05, 0.1) is 6.42 Å². The molecule has 3 nitrogen and oxygen atoms in total. The summed E-state index contributed by atoms with van der Waals surface area (Å²) in [5.74, 6) is 2.28. The zero-order chi connectivity index (χ0) is 10.8. The highest BCUT2D eigenvalue weighted by Crippen LogP contribution is 2.35. The Bertz CT molecular complexity index is 247. The van der Waals surface area contributed by atoms with E-state index in [4.69, 9.17) is 5.11 Å². The number of aliphatic carboxylic acids is 1. The van der Waals surface area contributed by atoms with Crippen LogP contribution in [-0.4, -0.2) is 46.1 Å². The van der Waals surface area contributed by atoms with E-state index >= 15 is 0 Å². The monoisotopic (exact) mass is 229 g/mol. The Kier molecular flexibility index (Phi) is 3.57. The zero-order valence-corrected chi connectivity index (χ0v) is 10.0. The third-order valence-corrected chi connectivity index (χ3v) is 4.78. The van der Waals surface area contributed by atoms with Crippen molar-refractivity contribution >= 4 is 17.7 Å². The Morgan fingerprint density at radius 1 is 1.53 bits per heavy atom. The number of carbonyl (C=O) groups is 1. The lowest BCUT2D eigenvalue weighted by molar-refractivity contribution is -0.138. The number of rotatable bonds is 3. The minimum atomic E-state index is -0.653. The van der Waals surface area contributed by atoms with Gasteiger partial charge in [0.2, 0.25) is 0 Å². The van der Waals surface area contributed by atoms with Crippen molar-refractivity contribution in [2.45, 2.75) is 38.3 Å². The molecular formula is C11H19NO2S. The second-order valence-corrected chi connectivity index (χ2v) is 5.84. The van der Waals surface area contributed by atoms with Crippen LogP contribution in [0.2, 0.25) is 0 Å². The van der Waals surface area contributed by atoms with E-state index in [1.54, 1.807) is 0 Å². The lowest BCUT2D eigenvalue weighted by atomic mass is 9.79. The molecule has 0 aromatic heterocycles. The third kappa shape index (κ3) is 2.48. The fraction of sp³-hybridized carbons (Fsp3) is 0.909. The molecule has 2 rings (SSSR count). The second kappa shape index (κ2) is 4.74. The molecule has 1 saturated carbocycles. The highest BCUT2D eigenvalue weighted by molar-refractivity contribution is 7.99. The highest BCUT2D eigenvalue weighted by Gasteiger charge is 2.37. The fourth-order valence-electron chi connectivity index (χ4n) is 2.62. The molecule has 0 radical (unpaired) electrons. The quantitative estimate of drug-likeness (QED) is 0.799. The van der Waals surface area contributed by atoms with Crippen molar-refractivity contribution < 1.29 is 9.90 Å². The van der Waals surface area contributed by atoms with Gasteiger partial charge in [0.1, 0.15) is 0 Å². The van der Waals surface area contributed by atoms with E-state index in [2.05, 4.69) is 11.8 Å². The lowest BCUT2D eigenvalue weighted by Gasteiger charge is -2.48. The van der Waals surface area contributed by atoms with Gasteiger partial charge in [0.15, 0.2) is 0 Å². The fourth-order valence-corrected chi connectivity index (χ4v) is 3.71. The topological polar surface area (TPSA) is 40.5 Å². The molecule has 0 bridgehead atoms. The molecule has 1 heterocycles. The molecular weight excluding hydrogens is 210 g/mol. The summed E-state index contributed by atoms with van der Waals surface area (Å²) in [6.07, 6.45) is 2.90. The average Bonchev–Trinajstić information content (AvgIpc) is 2.18. The van der Waals surface area contributed by atoms with Crippen molar-refractivity contribution in [2.24, 2.45) is 5.92 Å². The number of thioether (sulfide) groups is 1. The summed E-state index contributed by atoms with van der Waals surface area (Å²) in [6.45, 7) is 3.37. The van der Waals surface area contributed by atoms with Crippen LogP contribution in [0.3, 0.4) is 0 Å². The van der Waals surface area contributed by atoms with Crippen LogP contribution in [0.15, 0.2) is 0 Å². The van der Waals surface area contributed by atoms with Gasteiger partial charge in [-0.2, -0.15) is 11.8 Å². The van der Waals surface area contributed by atoms with Crippen LogP contribution in [0.1, 0.15) is 26.2 Å². The van der Waals surface area contributed by atoms with Crippen LogP contribution in [-0.2, 0) is 4.79 Å². The molecule has 1 saturated heterocycles. The molecule has 0 spiro atoms. The number of nitrogens with zero attached hydrogens (tertiary/aromatic N) is 1. The Hall–Kier alpha value is -0.220. The van der Waals surface area contributed by atoms with Gasteiger partial charge in [-0.05, 0) is 18.8 Å². The molecule has 86 valence electrons. The van der Waals surface area contributed by atoms with Crippen molar-refractivity contribution in [3.05, 3.63) is 0 Å². The van der Waals surface area contributed by atoms with Crippen LogP contribution < -0.4 is 0 Å². The van der Waals surface area contributed by atoms with Crippen molar-refractivity contribution in [1.82, 2.24) is 4.90 Å². The van der Waals surface area contributed by atoms with Crippen molar-refractivity contribution in [2.75, 3.05) is 18.1 Å². The minimum Gasteiger partial charge on any atom is -0.481 e. The van der Waals surface area contributed by atoms with Crippen molar-refractivity contribution in [3.8, 4) is 0 Å². The number of carboxylic acid groups (broad SMARTS) is 1. The van der Waals surface area contributed by atoms with Crippen LogP contribution in [0.5, 0.6) is 0 Å². The summed E-state index contributed by atoms with van der Waals surface area (Å²) >= 11 is 1.90. The van der Waals surface area contributed by atoms with Gasteiger partial charge in [0.25, 0.3) is 0 Å². The van der Waals surface area contributed by atoms with E-state index in [9.17, 15) is 4.79 Å². The molecule has 2 aliphatic rings. The summed E-state index contributed by atoms with van der Waals surface area (Å²) < 4.78 is 0. The predicted molar refractivity (Wildman–Crippen MR) is 62.3 cm³/mol. The number of carboxylic acids is 1. The second-order valence-electron chi connectivity index (χ2n) is 4.69. The zero-order valence-electron chi connectivity index (χ0n) is 9.19. The molecule has 1 N–H and O–H groups in total. The van der Waals surface area contributed by atoms with E-state index in [1.807, 2.05) is 11.8 Å². The first-order chi connectivity index (χ1) is 7.18. The Morgan fingerprint density at radius 3 is 2.87 bits per heavy atom. The van der Waals surface area contributed by atoms with E-state index in [1.165, 1.54) is 18.6 Å². The molecule has 15 heavy (non-hydrogen) atoms. The van der Waals surface area contributed by atoms with E-state index in [0.29, 0.717) is 12.5 Å². The molecule has 3 atom stereocenters. The maximum atomic E-state index is 10.8. The van der Waals surface area contributed by atoms with Crippen LogP contribution in [0.25, 0.3) is 0 Å². The van der Waals surface area contributed by atoms with Crippen LogP contribution in [0.4, 0.5) is 0 Å². The van der Waals surface area contributed by atoms with Crippen LogP contribution >= 0.6 is 11.8 Å². The molecule has 0 aromatic rings. The summed E-state index contributed by atoms with van der Waals surface area (Å²) in [5.41, 5.74) is 0. The summed E-state index contributed by atoms with van der Waals surface area (Å²) in [4.78, 5) is 13.2. The first-order valence-electron chi connectivity index (χ1n) is 5.73. The van der Waals surface area contributed by atoms with Gasteiger partial charge >= 0.3 is 5.97 Å². The van der Waals surface area contributed by atoms with Gasteiger partial charge in [-0.15, -0.1) is 0 Å². The molecule has 4 heteroatoms. The standard InChI is InChI=1S/C11H19NO2S/c1-8-2-3-10(8)12-4-5-15-7-9(12)6-11(13)14/h8-10H,2-7H2,1H3,(H,13,14). The number of hydrogen-bond acceptors (Lipinski definition) is 3. The van der Waals surface area contributed by atoms with Gasteiger partial charge in [-0.1, -0.05) is 6.92 Å². The predicted octanol–water partition coefficient (Wildman–Crippen LogP) is 1.68. The summed E-state index contributed by atoms with van der Waals surface area (Å²) in [7, 11) is 0. The Labute approximate surface area is 95.2 Å². The maximum Gasteiger partial charge on any atom is 0.304 e. The average molecular weight is 229 g/mol. The van der Waals surface area contributed by atoms with E-state index in [0.717, 1.165) is 18.2 Å². The SMILES string of the molecule is CC1CCC1N1CCSCC1CC(=O)O. The molecule has 1 aliphatic heterocycles. The largest absolute Gasteiger partial charge is 0.481 e. The molecule has 0 amide bonds. The Morgan fingerprint density at radius 2 is 2.33 bits per heavy atom. The van der Waals surface area contributed by atoms with Crippen molar-refractivity contribution in [1.29, 1.82) is 0 Å². The highest BCUT2D eigenvalue weighted by atomic mass is 32.2. The normalized spacial score (nSPS) is 37.3.